The Hall–Kier alpha value is -0.400. The maximum Gasteiger partial charge on any atom is 0.255 e. The third-order valence-electron chi connectivity index (χ3n) is 2.81. The Labute approximate surface area is 149 Å². The normalized spacial score (nSPS) is 10.4. The summed E-state index contributed by atoms with van der Waals surface area (Å²) in [4.78, 5) is 14.2. The molecular weight excluding hydrogens is 497 g/mol. The van der Waals surface area contributed by atoms with Gasteiger partial charge in [0.05, 0.1) is 5.56 Å². The molecule has 0 aliphatic heterocycles. The molecule has 104 valence electrons. The van der Waals surface area contributed by atoms with E-state index in [1.54, 1.807) is 4.90 Å². The Kier molecular flexibility index (Phi) is 5.63. The van der Waals surface area contributed by atoms with Crippen molar-refractivity contribution in [2.45, 2.75) is 6.54 Å². The van der Waals surface area contributed by atoms with Crippen LogP contribution in [-0.2, 0) is 6.54 Å². The Morgan fingerprint density at radius 1 is 1.20 bits per heavy atom. The largest absolute Gasteiger partial charge is 0.337 e. The lowest BCUT2D eigenvalue weighted by atomic mass is 10.1. The molecule has 0 heterocycles. The Morgan fingerprint density at radius 3 is 2.65 bits per heavy atom. The van der Waals surface area contributed by atoms with Crippen LogP contribution in [0.1, 0.15) is 15.9 Å². The van der Waals surface area contributed by atoms with Crippen LogP contribution in [0.4, 0.5) is 0 Å². The monoisotopic (exact) mass is 507 g/mol. The minimum atomic E-state index is 0.00960. The van der Waals surface area contributed by atoms with E-state index >= 15 is 0 Å². The average Bonchev–Trinajstić information content (AvgIpc) is 2.40. The molecule has 0 aliphatic rings. The molecule has 0 N–H and O–H groups in total. The summed E-state index contributed by atoms with van der Waals surface area (Å²) in [5.74, 6) is 0.00960. The SMILES string of the molecule is CN(Cc1cccc(Br)c1)C(=O)c1cc(I)ccc1Br. The molecule has 2 aromatic rings. The van der Waals surface area contributed by atoms with E-state index in [-0.39, 0.29) is 5.91 Å². The second kappa shape index (κ2) is 7.04. The number of rotatable bonds is 3. The zero-order valence-corrected chi connectivity index (χ0v) is 16.1. The quantitative estimate of drug-likeness (QED) is 0.529. The first kappa shape index (κ1) is 16.0. The number of carbonyl (C=O) groups is 1. The highest BCUT2D eigenvalue weighted by molar-refractivity contribution is 14.1. The van der Waals surface area contributed by atoms with E-state index in [4.69, 9.17) is 0 Å². The lowest BCUT2D eigenvalue weighted by Gasteiger charge is -2.18. The molecule has 1 amide bonds. The van der Waals surface area contributed by atoms with Crippen molar-refractivity contribution in [3.8, 4) is 0 Å². The first-order chi connectivity index (χ1) is 9.47. The number of amides is 1. The van der Waals surface area contributed by atoms with E-state index < -0.39 is 0 Å². The summed E-state index contributed by atoms with van der Waals surface area (Å²) >= 11 is 9.09. The topological polar surface area (TPSA) is 20.3 Å². The van der Waals surface area contributed by atoms with Crippen molar-refractivity contribution in [1.29, 1.82) is 0 Å². The molecule has 0 aromatic heterocycles. The van der Waals surface area contributed by atoms with Crippen molar-refractivity contribution in [2.24, 2.45) is 0 Å². The second-order valence-corrected chi connectivity index (χ2v) is 7.43. The van der Waals surface area contributed by atoms with Gasteiger partial charge >= 0.3 is 0 Å². The number of nitrogens with zero attached hydrogens (tertiary/aromatic N) is 1. The highest BCUT2D eigenvalue weighted by Gasteiger charge is 2.15. The standard InChI is InChI=1S/C15H12Br2INO/c1-19(9-10-3-2-4-11(16)7-10)15(20)13-8-12(18)5-6-14(13)17/h2-8H,9H2,1H3. The van der Waals surface area contributed by atoms with Crippen LogP contribution in [0.25, 0.3) is 0 Å². The summed E-state index contributed by atoms with van der Waals surface area (Å²) in [5, 5.41) is 0. The van der Waals surface area contributed by atoms with Crippen LogP contribution in [0, 0.1) is 3.57 Å². The molecule has 0 spiro atoms. The highest BCUT2D eigenvalue weighted by atomic mass is 127. The van der Waals surface area contributed by atoms with Crippen LogP contribution in [-0.4, -0.2) is 17.9 Å². The second-order valence-electron chi connectivity index (χ2n) is 4.42. The fraction of sp³-hybridized carbons (Fsp3) is 0.133. The van der Waals surface area contributed by atoms with Crippen LogP contribution in [0.15, 0.2) is 51.4 Å². The van der Waals surface area contributed by atoms with Crippen molar-refractivity contribution in [3.63, 3.8) is 0 Å². The van der Waals surface area contributed by atoms with E-state index in [1.807, 2.05) is 49.5 Å². The Balaban J connectivity index is 2.18. The van der Waals surface area contributed by atoms with E-state index in [1.165, 1.54) is 0 Å². The predicted molar refractivity (Wildman–Crippen MR) is 96.8 cm³/mol. The fourth-order valence-electron chi connectivity index (χ4n) is 1.85. The fourth-order valence-corrected chi connectivity index (χ4v) is 3.20. The molecule has 0 aliphatic carbocycles. The lowest BCUT2D eigenvalue weighted by molar-refractivity contribution is 0.0784. The average molecular weight is 509 g/mol. The van der Waals surface area contributed by atoms with E-state index in [9.17, 15) is 4.79 Å². The zero-order valence-electron chi connectivity index (χ0n) is 10.7. The van der Waals surface area contributed by atoms with Gasteiger partial charge in [-0.1, -0.05) is 28.1 Å². The van der Waals surface area contributed by atoms with Crippen LogP contribution in [0.2, 0.25) is 0 Å². The smallest absolute Gasteiger partial charge is 0.255 e. The van der Waals surface area contributed by atoms with Gasteiger partial charge in [0.1, 0.15) is 0 Å². The number of benzene rings is 2. The molecular formula is C15H12Br2INO. The summed E-state index contributed by atoms with van der Waals surface area (Å²) in [6.45, 7) is 0.580. The molecule has 0 saturated heterocycles. The number of hydrogen-bond donors (Lipinski definition) is 0. The Bertz CT molecular complexity index is 646. The molecule has 0 saturated carbocycles. The molecule has 2 rings (SSSR count). The van der Waals surface area contributed by atoms with Crippen molar-refractivity contribution in [1.82, 2.24) is 4.90 Å². The minimum absolute atomic E-state index is 0.00960. The predicted octanol–water partition coefficient (Wildman–Crippen LogP) is 5.09. The highest BCUT2D eigenvalue weighted by Crippen LogP contribution is 2.22. The van der Waals surface area contributed by atoms with Gasteiger partial charge in [-0.15, -0.1) is 0 Å². The molecule has 2 nitrogen and oxygen atoms in total. The van der Waals surface area contributed by atoms with Gasteiger partial charge in [-0.25, -0.2) is 0 Å². The molecule has 0 fully saturated rings. The number of halogens is 3. The first-order valence-electron chi connectivity index (χ1n) is 5.92. The van der Waals surface area contributed by atoms with E-state index in [2.05, 4.69) is 54.5 Å². The third kappa shape index (κ3) is 4.05. The molecule has 0 atom stereocenters. The first-order valence-corrected chi connectivity index (χ1v) is 8.59. The summed E-state index contributed by atoms with van der Waals surface area (Å²) in [6.07, 6.45) is 0. The minimum Gasteiger partial charge on any atom is -0.337 e. The van der Waals surface area contributed by atoms with Gasteiger partial charge in [0, 0.05) is 26.1 Å². The van der Waals surface area contributed by atoms with Gasteiger partial charge in [-0.2, -0.15) is 0 Å². The molecule has 20 heavy (non-hydrogen) atoms. The van der Waals surface area contributed by atoms with Gasteiger partial charge in [0.25, 0.3) is 5.91 Å². The van der Waals surface area contributed by atoms with Crippen molar-refractivity contribution < 1.29 is 4.79 Å². The summed E-state index contributed by atoms with van der Waals surface area (Å²) in [6, 6.07) is 13.7. The van der Waals surface area contributed by atoms with Crippen LogP contribution < -0.4 is 0 Å². The third-order valence-corrected chi connectivity index (χ3v) is 4.67. The zero-order chi connectivity index (χ0) is 14.7. The maximum atomic E-state index is 12.5. The number of hydrogen-bond acceptors (Lipinski definition) is 1. The summed E-state index contributed by atoms with van der Waals surface area (Å²) in [5.41, 5.74) is 1.78. The molecule has 0 radical (unpaired) electrons. The molecule has 0 bridgehead atoms. The lowest BCUT2D eigenvalue weighted by Crippen LogP contribution is -2.26. The van der Waals surface area contributed by atoms with Crippen molar-refractivity contribution >= 4 is 60.4 Å². The van der Waals surface area contributed by atoms with Crippen molar-refractivity contribution in [3.05, 3.63) is 66.1 Å². The summed E-state index contributed by atoms with van der Waals surface area (Å²) in [7, 11) is 1.82. The van der Waals surface area contributed by atoms with Crippen LogP contribution in [0.3, 0.4) is 0 Å². The molecule has 5 heteroatoms. The van der Waals surface area contributed by atoms with Gasteiger partial charge in [-0.05, 0) is 74.4 Å². The van der Waals surface area contributed by atoms with Gasteiger partial charge in [-0.3, -0.25) is 4.79 Å². The van der Waals surface area contributed by atoms with Crippen LogP contribution >= 0.6 is 54.5 Å². The number of carbonyl (C=O) groups excluding carboxylic acids is 1. The van der Waals surface area contributed by atoms with Gasteiger partial charge in [0.2, 0.25) is 0 Å². The summed E-state index contributed by atoms with van der Waals surface area (Å²) < 4.78 is 2.89. The van der Waals surface area contributed by atoms with E-state index in [0.717, 1.165) is 18.1 Å². The maximum absolute atomic E-state index is 12.5. The van der Waals surface area contributed by atoms with Gasteiger partial charge in [0.15, 0.2) is 0 Å². The van der Waals surface area contributed by atoms with E-state index in [0.29, 0.717) is 12.1 Å². The van der Waals surface area contributed by atoms with Crippen LogP contribution in [0.5, 0.6) is 0 Å². The van der Waals surface area contributed by atoms with Crippen molar-refractivity contribution in [2.75, 3.05) is 7.05 Å². The molecule has 0 unspecified atom stereocenters. The Morgan fingerprint density at radius 2 is 1.95 bits per heavy atom. The van der Waals surface area contributed by atoms with Gasteiger partial charge < -0.3 is 4.90 Å². The molecule has 2 aromatic carbocycles.